The van der Waals surface area contributed by atoms with Crippen LogP contribution in [0, 0.1) is 19.8 Å². The summed E-state index contributed by atoms with van der Waals surface area (Å²) in [7, 11) is 0. The van der Waals surface area contributed by atoms with Crippen LogP contribution in [0.25, 0.3) is 0 Å². The fraction of sp³-hybridized carbons (Fsp3) is 0.812. The number of thiazole rings is 1. The van der Waals surface area contributed by atoms with Gasteiger partial charge >= 0.3 is 0 Å². The van der Waals surface area contributed by atoms with Crippen LogP contribution >= 0.6 is 11.3 Å². The molecule has 2 unspecified atom stereocenters. The summed E-state index contributed by atoms with van der Waals surface area (Å²) >= 11 is 1.82. The quantitative estimate of drug-likeness (QED) is 0.754. The van der Waals surface area contributed by atoms with E-state index in [1.165, 1.54) is 9.88 Å². The Morgan fingerprint density at radius 2 is 1.95 bits per heavy atom. The summed E-state index contributed by atoms with van der Waals surface area (Å²) in [5.41, 5.74) is 1.16. The molecule has 4 heteroatoms. The molecule has 1 aromatic rings. The van der Waals surface area contributed by atoms with E-state index in [4.69, 9.17) is 4.74 Å². The van der Waals surface area contributed by atoms with Gasteiger partial charge in [-0.15, -0.1) is 11.3 Å². The van der Waals surface area contributed by atoms with Crippen molar-refractivity contribution < 1.29 is 4.74 Å². The highest BCUT2D eigenvalue weighted by Crippen LogP contribution is 2.21. The first-order chi connectivity index (χ1) is 9.49. The van der Waals surface area contributed by atoms with Crippen LogP contribution in [-0.4, -0.2) is 30.3 Å². The summed E-state index contributed by atoms with van der Waals surface area (Å²) in [6.45, 7) is 14.8. The Morgan fingerprint density at radius 1 is 1.25 bits per heavy atom. The molecule has 0 aliphatic heterocycles. The van der Waals surface area contributed by atoms with Crippen LogP contribution in [-0.2, 0) is 11.2 Å². The van der Waals surface area contributed by atoms with Gasteiger partial charge in [0.2, 0.25) is 0 Å². The minimum absolute atomic E-state index is 0.246. The molecule has 0 radical (unpaired) electrons. The molecule has 1 heterocycles. The molecular weight excluding hydrogens is 268 g/mol. The van der Waals surface area contributed by atoms with E-state index in [9.17, 15) is 0 Å². The monoisotopic (exact) mass is 298 g/mol. The first-order valence-corrected chi connectivity index (χ1v) is 8.59. The summed E-state index contributed by atoms with van der Waals surface area (Å²) in [4.78, 5) is 6.01. The van der Waals surface area contributed by atoms with Crippen LogP contribution < -0.4 is 5.32 Å². The number of hydrogen-bond donors (Lipinski definition) is 1. The summed E-state index contributed by atoms with van der Waals surface area (Å²) < 4.78 is 5.99. The van der Waals surface area contributed by atoms with Gasteiger partial charge in [-0.05, 0) is 39.7 Å². The Hall–Kier alpha value is -0.450. The molecule has 0 fully saturated rings. The maximum atomic E-state index is 5.99. The van der Waals surface area contributed by atoms with Crippen molar-refractivity contribution in [3.05, 3.63) is 15.6 Å². The molecule has 3 nitrogen and oxygen atoms in total. The van der Waals surface area contributed by atoms with E-state index < -0.39 is 0 Å². The number of hydrogen-bond acceptors (Lipinski definition) is 4. The molecule has 0 saturated heterocycles. The van der Waals surface area contributed by atoms with E-state index in [1.807, 2.05) is 11.3 Å². The van der Waals surface area contributed by atoms with Gasteiger partial charge in [-0.25, -0.2) is 4.98 Å². The van der Waals surface area contributed by atoms with Gasteiger partial charge in [0, 0.05) is 23.9 Å². The van der Waals surface area contributed by atoms with Gasteiger partial charge in [0.25, 0.3) is 0 Å². The minimum atomic E-state index is 0.246. The highest BCUT2D eigenvalue weighted by atomic mass is 32.1. The van der Waals surface area contributed by atoms with E-state index in [1.54, 1.807) is 0 Å². The zero-order chi connectivity index (χ0) is 15.1. The SMILES string of the molecule is CCCNC(Cc1nc(C)c(C)s1)C(OCC)C(C)C. The second-order valence-corrected chi connectivity index (χ2v) is 6.97. The Balaban J connectivity index is 2.80. The average Bonchev–Trinajstić information content (AvgIpc) is 2.70. The molecule has 0 aromatic carbocycles. The molecule has 0 bridgehead atoms. The van der Waals surface area contributed by atoms with Gasteiger partial charge in [-0.3, -0.25) is 0 Å². The van der Waals surface area contributed by atoms with Gasteiger partial charge in [-0.1, -0.05) is 20.8 Å². The van der Waals surface area contributed by atoms with Crippen molar-refractivity contribution in [3.63, 3.8) is 0 Å². The fourth-order valence-corrected chi connectivity index (χ4v) is 3.41. The number of nitrogens with zero attached hydrogens (tertiary/aromatic N) is 1. The van der Waals surface area contributed by atoms with Crippen LogP contribution in [0.4, 0.5) is 0 Å². The van der Waals surface area contributed by atoms with Crippen molar-refractivity contribution in [2.24, 2.45) is 5.92 Å². The van der Waals surface area contributed by atoms with Crippen LogP contribution in [0.2, 0.25) is 0 Å². The fourth-order valence-electron chi connectivity index (χ4n) is 2.41. The summed E-state index contributed by atoms with van der Waals surface area (Å²) in [6, 6.07) is 0.347. The Labute approximate surface area is 128 Å². The summed E-state index contributed by atoms with van der Waals surface area (Å²) in [5, 5.41) is 4.88. The van der Waals surface area contributed by atoms with Gasteiger partial charge in [0.15, 0.2) is 0 Å². The Bertz CT molecular complexity index is 370. The maximum absolute atomic E-state index is 5.99. The molecule has 1 rings (SSSR count). The van der Waals surface area contributed by atoms with E-state index >= 15 is 0 Å². The largest absolute Gasteiger partial charge is 0.377 e. The molecule has 0 spiro atoms. The molecule has 0 aliphatic rings. The second-order valence-electron chi connectivity index (χ2n) is 5.68. The zero-order valence-electron chi connectivity index (χ0n) is 13.8. The number of aromatic nitrogens is 1. The van der Waals surface area contributed by atoms with Gasteiger partial charge in [0.05, 0.1) is 16.8 Å². The first-order valence-electron chi connectivity index (χ1n) is 7.77. The third-order valence-electron chi connectivity index (χ3n) is 3.54. The second kappa shape index (κ2) is 8.75. The predicted molar refractivity (Wildman–Crippen MR) is 87.6 cm³/mol. The minimum Gasteiger partial charge on any atom is -0.377 e. The average molecular weight is 298 g/mol. The van der Waals surface area contributed by atoms with Gasteiger partial charge in [0.1, 0.15) is 0 Å². The number of rotatable bonds is 9. The zero-order valence-corrected chi connectivity index (χ0v) is 14.6. The lowest BCUT2D eigenvalue weighted by Gasteiger charge is -2.30. The molecule has 0 saturated carbocycles. The lowest BCUT2D eigenvalue weighted by Crippen LogP contribution is -2.46. The molecule has 0 amide bonds. The third-order valence-corrected chi connectivity index (χ3v) is 4.63. The van der Waals surface area contributed by atoms with Crippen molar-refractivity contribution >= 4 is 11.3 Å². The van der Waals surface area contributed by atoms with Crippen molar-refractivity contribution in [2.75, 3.05) is 13.2 Å². The van der Waals surface area contributed by atoms with Gasteiger partial charge in [-0.2, -0.15) is 0 Å². The molecule has 0 aliphatic carbocycles. The van der Waals surface area contributed by atoms with E-state index in [0.717, 1.165) is 31.7 Å². The molecule has 20 heavy (non-hydrogen) atoms. The van der Waals surface area contributed by atoms with Crippen molar-refractivity contribution in [1.29, 1.82) is 0 Å². The Kier molecular flexibility index (Phi) is 7.70. The van der Waals surface area contributed by atoms with Crippen LogP contribution in [0.3, 0.4) is 0 Å². The van der Waals surface area contributed by atoms with E-state index in [2.05, 4.69) is 51.8 Å². The predicted octanol–water partition coefficient (Wildman–Crippen LogP) is 3.73. The number of nitrogens with one attached hydrogen (secondary N) is 1. The van der Waals surface area contributed by atoms with E-state index in [-0.39, 0.29) is 6.10 Å². The van der Waals surface area contributed by atoms with Gasteiger partial charge < -0.3 is 10.1 Å². The lowest BCUT2D eigenvalue weighted by atomic mass is 9.97. The maximum Gasteiger partial charge on any atom is 0.0947 e. The van der Waals surface area contributed by atoms with Crippen molar-refractivity contribution in [2.45, 2.75) is 66.5 Å². The molecular formula is C16H30N2OS. The molecule has 116 valence electrons. The van der Waals surface area contributed by atoms with Crippen LogP contribution in [0.1, 0.15) is 49.7 Å². The third kappa shape index (κ3) is 5.15. The smallest absolute Gasteiger partial charge is 0.0947 e. The molecule has 1 N–H and O–H groups in total. The van der Waals surface area contributed by atoms with Crippen molar-refractivity contribution in [3.8, 4) is 0 Å². The lowest BCUT2D eigenvalue weighted by molar-refractivity contribution is 0.00361. The van der Waals surface area contributed by atoms with Crippen LogP contribution in [0.15, 0.2) is 0 Å². The normalized spacial score (nSPS) is 14.8. The van der Waals surface area contributed by atoms with E-state index in [0.29, 0.717) is 12.0 Å². The summed E-state index contributed by atoms with van der Waals surface area (Å²) in [5.74, 6) is 0.506. The highest BCUT2D eigenvalue weighted by Gasteiger charge is 2.26. The number of aryl methyl sites for hydroxylation is 2. The standard InChI is InChI=1S/C16H30N2OS/c1-7-9-17-14(16(11(3)4)19-8-2)10-15-18-12(5)13(6)20-15/h11,14,16-17H,7-10H2,1-6H3. The van der Waals surface area contributed by atoms with Crippen LogP contribution in [0.5, 0.6) is 0 Å². The van der Waals surface area contributed by atoms with Crippen molar-refractivity contribution in [1.82, 2.24) is 10.3 Å². The topological polar surface area (TPSA) is 34.2 Å². The highest BCUT2D eigenvalue weighted by molar-refractivity contribution is 7.11. The summed E-state index contributed by atoms with van der Waals surface area (Å²) in [6.07, 6.45) is 2.35. The Morgan fingerprint density at radius 3 is 2.40 bits per heavy atom. The molecule has 2 atom stereocenters. The number of ether oxygens (including phenoxy) is 1. The first kappa shape index (κ1) is 17.6. The molecule has 1 aromatic heterocycles.